The maximum absolute atomic E-state index is 11.9. The van der Waals surface area contributed by atoms with Gasteiger partial charge >= 0.3 is 0 Å². The summed E-state index contributed by atoms with van der Waals surface area (Å²) in [6.07, 6.45) is 3.73. The molecule has 0 aromatic carbocycles. The number of nitrogens with two attached hydrogens (primary N) is 1. The van der Waals surface area contributed by atoms with Gasteiger partial charge < -0.3 is 15.6 Å². The quantitative estimate of drug-likeness (QED) is 0.739. The van der Waals surface area contributed by atoms with Crippen LogP contribution in [0.1, 0.15) is 40.7 Å². The molecule has 1 saturated carbocycles. The number of H-pyrrole nitrogens is 1. The van der Waals surface area contributed by atoms with Crippen molar-refractivity contribution in [3.63, 3.8) is 0 Å². The van der Waals surface area contributed by atoms with Crippen LogP contribution in [0.15, 0.2) is 16.8 Å². The van der Waals surface area contributed by atoms with Crippen molar-refractivity contribution in [1.82, 2.24) is 20.7 Å². The molecule has 1 amide bonds. The van der Waals surface area contributed by atoms with Crippen molar-refractivity contribution in [3.8, 4) is 0 Å². The number of hydrogen-bond donors (Lipinski definition) is 3. The first-order valence-electron chi connectivity index (χ1n) is 5.77. The van der Waals surface area contributed by atoms with Gasteiger partial charge in [0.1, 0.15) is 0 Å². The molecule has 18 heavy (non-hydrogen) atoms. The Bertz CT molecular complexity index is 556. The van der Waals surface area contributed by atoms with Crippen LogP contribution in [0.3, 0.4) is 0 Å². The van der Waals surface area contributed by atoms with Crippen LogP contribution < -0.4 is 11.1 Å². The molecule has 2 heterocycles. The van der Waals surface area contributed by atoms with Gasteiger partial charge in [0.15, 0.2) is 11.5 Å². The number of amides is 1. The zero-order chi connectivity index (χ0) is 12.5. The van der Waals surface area contributed by atoms with E-state index in [1.807, 2.05) is 0 Å². The van der Waals surface area contributed by atoms with E-state index < -0.39 is 0 Å². The maximum atomic E-state index is 11.9. The minimum atomic E-state index is -0.313. The van der Waals surface area contributed by atoms with Crippen molar-refractivity contribution in [2.24, 2.45) is 0 Å². The predicted molar refractivity (Wildman–Crippen MR) is 62.6 cm³/mol. The number of carbonyl (C=O) groups excluding carboxylic acids is 1. The minimum Gasteiger partial charge on any atom is -0.395 e. The lowest BCUT2D eigenvalue weighted by Gasteiger charge is -2.01. The lowest BCUT2D eigenvalue weighted by atomic mass is 10.2. The van der Waals surface area contributed by atoms with Crippen LogP contribution in [-0.2, 0) is 6.54 Å². The Hall–Kier alpha value is -2.31. The summed E-state index contributed by atoms with van der Waals surface area (Å²) in [5, 5.41) is 13.0. The van der Waals surface area contributed by atoms with Crippen molar-refractivity contribution in [1.29, 1.82) is 0 Å². The van der Waals surface area contributed by atoms with Crippen molar-refractivity contribution in [3.05, 3.63) is 29.4 Å². The van der Waals surface area contributed by atoms with Gasteiger partial charge in [-0.2, -0.15) is 5.10 Å². The van der Waals surface area contributed by atoms with Crippen LogP contribution in [0.2, 0.25) is 0 Å². The fourth-order valence-electron chi connectivity index (χ4n) is 1.80. The summed E-state index contributed by atoms with van der Waals surface area (Å²) in [7, 11) is 0. The Balaban J connectivity index is 1.68. The average Bonchev–Trinajstić information content (AvgIpc) is 2.93. The fourth-order valence-corrected chi connectivity index (χ4v) is 1.80. The first-order chi connectivity index (χ1) is 8.75. The van der Waals surface area contributed by atoms with E-state index in [-0.39, 0.29) is 18.1 Å². The summed E-state index contributed by atoms with van der Waals surface area (Å²) < 4.78 is 4.88. The van der Waals surface area contributed by atoms with Gasteiger partial charge in [-0.05, 0) is 12.8 Å². The summed E-state index contributed by atoms with van der Waals surface area (Å²) in [6.45, 7) is 0.268. The Labute approximate surface area is 103 Å². The van der Waals surface area contributed by atoms with Gasteiger partial charge in [0.2, 0.25) is 0 Å². The average molecular weight is 247 g/mol. The molecule has 7 heteroatoms. The van der Waals surface area contributed by atoms with E-state index in [1.165, 1.54) is 6.20 Å². The Morgan fingerprint density at radius 2 is 2.44 bits per heavy atom. The number of hydrogen-bond acceptors (Lipinski definition) is 5. The number of carbonyl (C=O) groups is 1. The summed E-state index contributed by atoms with van der Waals surface area (Å²) >= 11 is 0. The minimum absolute atomic E-state index is 0.247. The second-order valence-electron chi connectivity index (χ2n) is 4.34. The Morgan fingerprint density at radius 1 is 1.61 bits per heavy atom. The molecule has 94 valence electrons. The third kappa shape index (κ3) is 1.94. The molecule has 0 bridgehead atoms. The SMILES string of the molecule is Nc1c(C(=O)NCc2ccno2)n[nH]c1C1CC1. The number of nitrogens with zero attached hydrogens (tertiary/aromatic N) is 2. The van der Waals surface area contributed by atoms with Crippen LogP contribution in [0.5, 0.6) is 0 Å². The molecule has 0 unspecified atom stereocenters. The van der Waals surface area contributed by atoms with Gasteiger partial charge in [-0.25, -0.2) is 0 Å². The van der Waals surface area contributed by atoms with Gasteiger partial charge in [0.05, 0.1) is 24.1 Å². The highest BCUT2D eigenvalue weighted by molar-refractivity contribution is 5.97. The molecule has 2 aromatic heterocycles. The fraction of sp³-hybridized carbons (Fsp3) is 0.364. The molecule has 0 atom stereocenters. The summed E-state index contributed by atoms with van der Waals surface area (Å²) in [6, 6.07) is 1.68. The van der Waals surface area contributed by atoms with Crippen molar-refractivity contribution in [2.75, 3.05) is 5.73 Å². The zero-order valence-electron chi connectivity index (χ0n) is 9.64. The Morgan fingerprint density at radius 3 is 3.11 bits per heavy atom. The smallest absolute Gasteiger partial charge is 0.274 e. The molecule has 1 aliphatic rings. The van der Waals surface area contributed by atoms with Crippen LogP contribution in [0, 0.1) is 0 Å². The van der Waals surface area contributed by atoms with E-state index in [9.17, 15) is 4.79 Å². The molecule has 0 radical (unpaired) electrons. The molecular weight excluding hydrogens is 234 g/mol. The van der Waals surface area contributed by atoms with Gasteiger partial charge in [-0.3, -0.25) is 9.89 Å². The van der Waals surface area contributed by atoms with Gasteiger partial charge in [-0.1, -0.05) is 5.16 Å². The van der Waals surface area contributed by atoms with E-state index in [0.29, 0.717) is 17.4 Å². The van der Waals surface area contributed by atoms with E-state index >= 15 is 0 Å². The van der Waals surface area contributed by atoms with Crippen molar-refractivity contribution >= 4 is 11.6 Å². The number of nitrogens with one attached hydrogen (secondary N) is 2. The molecule has 1 aliphatic carbocycles. The standard InChI is InChI=1S/C11H13N5O2/c12-8-9(6-1-2-6)15-16-10(8)11(17)13-5-7-3-4-14-18-7/h3-4,6H,1-2,5,12H2,(H,13,17)(H,15,16). The largest absolute Gasteiger partial charge is 0.395 e. The van der Waals surface area contributed by atoms with Crippen LogP contribution in [0.25, 0.3) is 0 Å². The van der Waals surface area contributed by atoms with E-state index in [1.54, 1.807) is 6.07 Å². The monoisotopic (exact) mass is 247 g/mol. The van der Waals surface area contributed by atoms with E-state index in [0.717, 1.165) is 18.5 Å². The molecule has 7 nitrogen and oxygen atoms in total. The predicted octanol–water partition coefficient (Wildman–Crippen LogP) is 0.787. The summed E-state index contributed by atoms with van der Waals surface area (Å²) in [5.74, 6) is 0.709. The third-order valence-electron chi connectivity index (χ3n) is 2.95. The first-order valence-corrected chi connectivity index (χ1v) is 5.77. The molecule has 0 saturated heterocycles. The molecular formula is C11H13N5O2. The molecule has 2 aromatic rings. The zero-order valence-corrected chi connectivity index (χ0v) is 9.64. The molecule has 0 aliphatic heterocycles. The van der Waals surface area contributed by atoms with Crippen LogP contribution in [0.4, 0.5) is 5.69 Å². The maximum Gasteiger partial charge on any atom is 0.274 e. The highest BCUT2D eigenvalue weighted by Gasteiger charge is 2.30. The summed E-state index contributed by atoms with van der Waals surface area (Å²) in [5.41, 5.74) is 7.48. The number of aromatic nitrogens is 3. The number of rotatable bonds is 4. The van der Waals surface area contributed by atoms with E-state index in [2.05, 4.69) is 20.7 Å². The third-order valence-corrected chi connectivity index (χ3v) is 2.95. The van der Waals surface area contributed by atoms with Crippen LogP contribution >= 0.6 is 0 Å². The normalized spacial score (nSPS) is 14.7. The second-order valence-corrected chi connectivity index (χ2v) is 4.34. The summed E-state index contributed by atoms with van der Waals surface area (Å²) in [4.78, 5) is 11.9. The molecule has 4 N–H and O–H groups in total. The first kappa shape index (κ1) is 10.8. The van der Waals surface area contributed by atoms with Gasteiger partial charge in [-0.15, -0.1) is 0 Å². The highest BCUT2D eigenvalue weighted by atomic mass is 16.5. The van der Waals surface area contributed by atoms with Crippen LogP contribution in [-0.4, -0.2) is 21.3 Å². The molecule has 0 spiro atoms. The van der Waals surface area contributed by atoms with Crippen molar-refractivity contribution < 1.29 is 9.32 Å². The number of aromatic amines is 1. The highest BCUT2D eigenvalue weighted by Crippen LogP contribution is 2.42. The lowest BCUT2D eigenvalue weighted by molar-refractivity contribution is 0.0943. The van der Waals surface area contributed by atoms with E-state index in [4.69, 9.17) is 10.3 Å². The van der Waals surface area contributed by atoms with Gasteiger partial charge in [0, 0.05) is 12.0 Å². The lowest BCUT2D eigenvalue weighted by Crippen LogP contribution is -2.23. The van der Waals surface area contributed by atoms with Crippen molar-refractivity contribution in [2.45, 2.75) is 25.3 Å². The molecule has 3 rings (SSSR count). The number of nitrogen functional groups attached to an aromatic ring is 1. The molecule has 1 fully saturated rings. The van der Waals surface area contributed by atoms with Gasteiger partial charge in [0.25, 0.3) is 5.91 Å². The number of anilines is 1. The second kappa shape index (κ2) is 4.17. The Kier molecular flexibility index (Phi) is 2.51. The topological polar surface area (TPSA) is 110 Å².